The number of ether oxygens (including phenoxy) is 3. The van der Waals surface area contributed by atoms with Crippen LogP contribution in [0.25, 0.3) is 0 Å². The highest BCUT2D eigenvalue weighted by Gasteiger charge is 2.41. The number of hydrogen-bond acceptors (Lipinski definition) is 5. The Labute approximate surface area is 164 Å². The van der Waals surface area contributed by atoms with E-state index in [0.29, 0.717) is 58.7 Å². The van der Waals surface area contributed by atoms with Gasteiger partial charge in [0.15, 0.2) is 5.79 Å². The fourth-order valence-electron chi connectivity index (χ4n) is 4.04. The lowest BCUT2D eigenvalue weighted by Gasteiger charge is -2.37. The number of benzene rings is 1. The number of hydrogen-bond donors (Lipinski definition) is 1. The second kappa shape index (κ2) is 7.97. The molecule has 3 fully saturated rings. The van der Waals surface area contributed by atoms with Gasteiger partial charge in [-0.15, -0.1) is 0 Å². The maximum absolute atomic E-state index is 12.6. The van der Waals surface area contributed by atoms with E-state index in [4.69, 9.17) is 14.2 Å². The van der Waals surface area contributed by atoms with Gasteiger partial charge >= 0.3 is 6.03 Å². The van der Waals surface area contributed by atoms with Gasteiger partial charge in [0, 0.05) is 44.6 Å². The molecule has 0 saturated carbocycles. The van der Waals surface area contributed by atoms with E-state index in [1.807, 2.05) is 31.2 Å². The maximum Gasteiger partial charge on any atom is 0.317 e. The van der Waals surface area contributed by atoms with Gasteiger partial charge in [0.05, 0.1) is 25.9 Å². The number of piperidine rings is 1. The van der Waals surface area contributed by atoms with E-state index in [9.17, 15) is 9.59 Å². The summed E-state index contributed by atoms with van der Waals surface area (Å²) in [6.45, 7) is 5.44. The summed E-state index contributed by atoms with van der Waals surface area (Å²) in [5.74, 6) is 0.297. The summed E-state index contributed by atoms with van der Waals surface area (Å²) in [4.78, 5) is 28.5. The lowest BCUT2D eigenvalue weighted by molar-refractivity contribution is -0.181. The molecule has 3 aliphatic heterocycles. The highest BCUT2D eigenvalue weighted by Crippen LogP contribution is 2.31. The van der Waals surface area contributed by atoms with Crippen LogP contribution in [0.4, 0.5) is 10.5 Å². The summed E-state index contributed by atoms with van der Waals surface area (Å²) in [6.07, 6.45) is 1.67. The molecule has 28 heavy (non-hydrogen) atoms. The van der Waals surface area contributed by atoms with E-state index in [-0.39, 0.29) is 18.0 Å². The third-order valence-electron chi connectivity index (χ3n) is 5.54. The largest absolute Gasteiger partial charge is 0.494 e. The number of carbonyl (C=O) groups excluding carboxylic acids is 2. The Kier molecular flexibility index (Phi) is 5.41. The highest BCUT2D eigenvalue weighted by atomic mass is 16.7. The van der Waals surface area contributed by atoms with E-state index in [1.165, 1.54) is 0 Å². The van der Waals surface area contributed by atoms with Gasteiger partial charge in [-0.3, -0.25) is 4.79 Å². The van der Waals surface area contributed by atoms with Crippen LogP contribution in [0.5, 0.6) is 5.75 Å². The van der Waals surface area contributed by atoms with Crippen molar-refractivity contribution in [1.29, 1.82) is 0 Å². The molecule has 8 nitrogen and oxygen atoms in total. The Morgan fingerprint density at radius 2 is 1.89 bits per heavy atom. The first kappa shape index (κ1) is 19.0. The summed E-state index contributed by atoms with van der Waals surface area (Å²) >= 11 is 0. The molecule has 3 amide bonds. The highest BCUT2D eigenvalue weighted by molar-refractivity contribution is 5.96. The van der Waals surface area contributed by atoms with Gasteiger partial charge in [-0.1, -0.05) is 0 Å². The van der Waals surface area contributed by atoms with Crippen LogP contribution >= 0.6 is 0 Å². The van der Waals surface area contributed by atoms with Crippen LogP contribution in [0, 0.1) is 0 Å². The van der Waals surface area contributed by atoms with E-state index in [0.717, 1.165) is 11.4 Å². The lowest BCUT2D eigenvalue weighted by atomic mass is 10.0. The van der Waals surface area contributed by atoms with Crippen LogP contribution < -0.4 is 15.0 Å². The van der Waals surface area contributed by atoms with Crippen molar-refractivity contribution < 1.29 is 23.8 Å². The van der Waals surface area contributed by atoms with E-state index in [1.54, 1.807) is 9.80 Å². The summed E-state index contributed by atoms with van der Waals surface area (Å²) in [5.41, 5.74) is 0.820. The van der Waals surface area contributed by atoms with Crippen LogP contribution in [-0.4, -0.2) is 68.1 Å². The predicted octanol–water partition coefficient (Wildman–Crippen LogP) is 1.74. The smallest absolute Gasteiger partial charge is 0.317 e. The number of carbonyl (C=O) groups is 2. The minimum Gasteiger partial charge on any atom is -0.494 e. The molecule has 1 aromatic carbocycles. The van der Waals surface area contributed by atoms with Crippen molar-refractivity contribution in [2.45, 2.75) is 38.0 Å². The van der Waals surface area contributed by atoms with Crippen molar-refractivity contribution in [2.75, 3.05) is 44.4 Å². The zero-order chi connectivity index (χ0) is 19.6. The van der Waals surface area contributed by atoms with Crippen molar-refractivity contribution in [3.63, 3.8) is 0 Å². The third kappa shape index (κ3) is 3.93. The van der Waals surface area contributed by atoms with E-state index < -0.39 is 5.79 Å². The third-order valence-corrected chi connectivity index (χ3v) is 5.54. The van der Waals surface area contributed by atoms with Crippen LogP contribution in [0.15, 0.2) is 24.3 Å². The van der Waals surface area contributed by atoms with Crippen molar-refractivity contribution >= 4 is 17.6 Å². The molecule has 0 bridgehead atoms. The number of rotatable bonds is 4. The Bertz CT molecular complexity index is 707. The first-order chi connectivity index (χ1) is 13.6. The second-order valence-corrected chi connectivity index (χ2v) is 7.38. The van der Waals surface area contributed by atoms with E-state index in [2.05, 4.69) is 5.32 Å². The standard InChI is InChI=1S/C20H27N3O5/c1-2-26-17-5-3-16(4-6-17)23-14-15(13-18(23)24)21-19(25)22-9-7-20(8-10-22)27-11-12-28-20/h3-6,15H,2,7-14H2,1H3,(H,21,25)/t15-/m0/s1. The van der Waals surface area contributed by atoms with Gasteiger partial charge in [-0.25, -0.2) is 4.79 Å². The molecule has 0 unspecified atom stereocenters. The van der Waals surface area contributed by atoms with Gasteiger partial charge in [0.25, 0.3) is 0 Å². The Balaban J connectivity index is 1.30. The van der Waals surface area contributed by atoms with Crippen molar-refractivity contribution in [2.24, 2.45) is 0 Å². The fourth-order valence-corrected chi connectivity index (χ4v) is 4.04. The van der Waals surface area contributed by atoms with Gasteiger partial charge in [0.2, 0.25) is 5.91 Å². The molecule has 3 saturated heterocycles. The Morgan fingerprint density at radius 1 is 1.21 bits per heavy atom. The molecule has 0 radical (unpaired) electrons. The average molecular weight is 389 g/mol. The van der Waals surface area contributed by atoms with Gasteiger partial charge in [-0.05, 0) is 31.2 Å². The molecule has 4 rings (SSSR count). The molecule has 1 N–H and O–H groups in total. The molecule has 0 aliphatic carbocycles. The maximum atomic E-state index is 12.6. The predicted molar refractivity (Wildman–Crippen MR) is 102 cm³/mol. The molecule has 0 aromatic heterocycles. The van der Waals surface area contributed by atoms with Gasteiger partial charge in [0.1, 0.15) is 5.75 Å². The first-order valence-corrected chi connectivity index (χ1v) is 9.95. The molecule has 8 heteroatoms. The number of likely N-dealkylation sites (tertiary alicyclic amines) is 1. The zero-order valence-corrected chi connectivity index (χ0v) is 16.2. The number of anilines is 1. The number of nitrogens with one attached hydrogen (secondary N) is 1. The van der Waals surface area contributed by atoms with Crippen molar-refractivity contribution in [3.05, 3.63) is 24.3 Å². The van der Waals surface area contributed by atoms with E-state index >= 15 is 0 Å². The molecule has 3 heterocycles. The van der Waals surface area contributed by atoms with Gasteiger partial charge in [-0.2, -0.15) is 0 Å². The number of urea groups is 1. The topological polar surface area (TPSA) is 80.3 Å². The Morgan fingerprint density at radius 3 is 2.54 bits per heavy atom. The Hall–Kier alpha value is -2.32. The normalized spacial score (nSPS) is 24.0. The lowest BCUT2D eigenvalue weighted by Crippen LogP contribution is -2.52. The SMILES string of the molecule is CCOc1ccc(N2C[C@@H](NC(=O)N3CCC4(CC3)OCCO4)CC2=O)cc1. The first-order valence-electron chi connectivity index (χ1n) is 9.95. The van der Waals surface area contributed by atoms with Crippen molar-refractivity contribution in [3.8, 4) is 5.75 Å². The molecule has 1 aromatic rings. The number of nitrogens with zero attached hydrogens (tertiary/aromatic N) is 2. The second-order valence-electron chi connectivity index (χ2n) is 7.38. The quantitative estimate of drug-likeness (QED) is 0.849. The molecule has 152 valence electrons. The summed E-state index contributed by atoms with van der Waals surface area (Å²) in [5, 5.41) is 3.01. The molecule has 1 atom stereocenters. The molecular weight excluding hydrogens is 362 g/mol. The monoisotopic (exact) mass is 389 g/mol. The summed E-state index contributed by atoms with van der Waals surface area (Å²) in [6, 6.07) is 7.14. The minimum absolute atomic E-state index is 0.0137. The van der Waals surface area contributed by atoms with Crippen LogP contribution in [-0.2, 0) is 14.3 Å². The summed E-state index contributed by atoms with van der Waals surface area (Å²) in [7, 11) is 0. The molecule has 1 spiro atoms. The average Bonchev–Trinajstić information content (AvgIpc) is 3.30. The zero-order valence-electron chi connectivity index (χ0n) is 16.2. The van der Waals surface area contributed by atoms with Crippen LogP contribution in [0.2, 0.25) is 0 Å². The van der Waals surface area contributed by atoms with Crippen molar-refractivity contribution in [1.82, 2.24) is 10.2 Å². The van der Waals surface area contributed by atoms with Crippen LogP contribution in [0.1, 0.15) is 26.2 Å². The van der Waals surface area contributed by atoms with Gasteiger partial charge < -0.3 is 29.3 Å². The molecular formula is C20H27N3O5. The minimum atomic E-state index is -0.495. The fraction of sp³-hybridized carbons (Fsp3) is 0.600. The van der Waals surface area contributed by atoms with Crippen LogP contribution in [0.3, 0.4) is 0 Å². The summed E-state index contributed by atoms with van der Waals surface area (Å²) < 4.78 is 16.8. The molecule has 3 aliphatic rings. The number of amides is 3.